The molecule has 0 atom stereocenters. The fourth-order valence-corrected chi connectivity index (χ4v) is 4.05. The Morgan fingerprint density at radius 1 is 1.26 bits per heavy atom. The number of hydrogen-bond acceptors (Lipinski definition) is 7. The first-order valence-corrected chi connectivity index (χ1v) is 10.2. The molecule has 0 aliphatic rings. The summed E-state index contributed by atoms with van der Waals surface area (Å²) in [6.45, 7) is 1.41. The second-order valence-electron chi connectivity index (χ2n) is 6.58. The van der Waals surface area contributed by atoms with Crippen molar-refractivity contribution in [3.8, 4) is 11.3 Å². The molecule has 156 valence electrons. The number of carbonyl (C=O) groups excluding carboxylic acids is 1. The highest BCUT2D eigenvalue weighted by Gasteiger charge is 2.18. The summed E-state index contributed by atoms with van der Waals surface area (Å²) in [6, 6.07) is 12.5. The number of aryl methyl sites for hydroxylation is 1. The summed E-state index contributed by atoms with van der Waals surface area (Å²) >= 11 is 7.32. The largest absolute Gasteiger partial charge is 0.324 e. The van der Waals surface area contributed by atoms with Crippen LogP contribution in [0.25, 0.3) is 21.5 Å². The van der Waals surface area contributed by atoms with E-state index in [1.54, 1.807) is 31.2 Å². The number of halogens is 1. The summed E-state index contributed by atoms with van der Waals surface area (Å²) in [5.74, 6) is -0.552. The monoisotopic (exact) mass is 455 g/mol. The molecule has 4 rings (SSSR count). The fraction of sp³-hybridized carbons (Fsp3) is 0.100. The number of fused-ring (bicyclic) bond motifs is 1. The minimum absolute atomic E-state index is 0.155. The average Bonchev–Trinajstić information content (AvgIpc) is 3.13. The van der Waals surface area contributed by atoms with Gasteiger partial charge >= 0.3 is 0 Å². The maximum Gasteiger partial charge on any atom is 0.294 e. The zero-order valence-electron chi connectivity index (χ0n) is 16.0. The number of amides is 1. The molecule has 0 aliphatic heterocycles. The molecule has 0 radical (unpaired) electrons. The minimum atomic E-state index is -0.557. The van der Waals surface area contributed by atoms with E-state index < -0.39 is 16.4 Å². The van der Waals surface area contributed by atoms with Crippen molar-refractivity contribution in [2.24, 2.45) is 0 Å². The van der Waals surface area contributed by atoms with E-state index in [1.807, 2.05) is 0 Å². The number of benzene rings is 2. The molecular formula is C20H14ClN5O4S. The van der Waals surface area contributed by atoms with Crippen LogP contribution in [0.2, 0.25) is 5.02 Å². The molecule has 1 N–H and O–H groups in total. The minimum Gasteiger partial charge on any atom is -0.324 e. The van der Waals surface area contributed by atoms with Crippen molar-refractivity contribution in [2.75, 3.05) is 5.32 Å². The highest BCUT2D eigenvalue weighted by atomic mass is 35.5. The molecule has 4 aromatic rings. The average molecular weight is 456 g/mol. The van der Waals surface area contributed by atoms with Crippen LogP contribution >= 0.6 is 22.9 Å². The van der Waals surface area contributed by atoms with E-state index in [1.165, 1.54) is 35.6 Å². The van der Waals surface area contributed by atoms with E-state index in [0.717, 1.165) is 10.2 Å². The smallest absolute Gasteiger partial charge is 0.294 e. The van der Waals surface area contributed by atoms with Gasteiger partial charge in [-0.25, -0.2) is 9.67 Å². The van der Waals surface area contributed by atoms with E-state index in [-0.39, 0.29) is 23.4 Å². The Balaban J connectivity index is 1.70. The first-order valence-electron chi connectivity index (χ1n) is 9.00. The molecule has 0 saturated carbocycles. The Hall–Kier alpha value is -3.63. The van der Waals surface area contributed by atoms with Gasteiger partial charge in [0.15, 0.2) is 5.52 Å². The van der Waals surface area contributed by atoms with Crippen LogP contribution in [0.1, 0.15) is 5.01 Å². The number of nitro benzene ring substituents is 1. The van der Waals surface area contributed by atoms with E-state index >= 15 is 0 Å². The molecule has 0 bridgehead atoms. The van der Waals surface area contributed by atoms with Crippen LogP contribution in [0.3, 0.4) is 0 Å². The number of nitro groups is 1. The van der Waals surface area contributed by atoms with Crippen molar-refractivity contribution in [1.82, 2.24) is 14.8 Å². The molecule has 2 aromatic heterocycles. The number of aromatic nitrogens is 3. The standard InChI is InChI=1S/C20H14ClN5O4S/c1-11-22-18-19(31-11)17(12-5-7-13(21)8-6-12)24-25(20(18)28)10-16(27)23-14-3-2-4-15(9-14)26(29)30/h2-9H,10H2,1H3,(H,23,27). The van der Waals surface area contributed by atoms with Crippen LogP contribution in [0, 0.1) is 17.0 Å². The van der Waals surface area contributed by atoms with Gasteiger partial charge in [-0.3, -0.25) is 19.7 Å². The number of carbonyl (C=O) groups is 1. The lowest BCUT2D eigenvalue weighted by Gasteiger charge is -2.09. The summed E-state index contributed by atoms with van der Waals surface area (Å²) in [4.78, 5) is 40.1. The predicted molar refractivity (Wildman–Crippen MR) is 119 cm³/mol. The van der Waals surface area contributed by atoms with Gasteiger partial charge in [-0.2, -0.15) is 5.10 Å². The molecule has 2 heterocycles. The van der Waals surface area contributed by atoms with Gasteiger partial charge in [-0.1, -0.05) is 29.8 Å². The molecule has 0 unspecified atom stereocenters. The fourth-order valence-electron chi connectivity index (χ4n) is 3.00. The number of thiazole rings is 1. The number of non-ortho nitro benzene ring substituents is 1. The van der Waals surface area contributed by atoms with Gasteiger partial charge in [-0.15, -0.1) is 11.3 Å². The summed E-state index contributed by atoms with van der Waals surface area (Å²) in [5, 5.41) is 19.1. The SMILES string of the molecule is Cc1nc2c(=O)n(CC(=O)Nc3cccc([N+](=O)[O-])c3)nc(-c3ccc(Cl)cc3)c2s1. The van der Waals surface area contributed by atoms with Gasteiger partial charge in [0, 0.05) is 28.4 Å². The Labute approximate surface area is 184 Å². The Morgan fingerprint density at radius 2 is 2.00 bits per heavy atom. The summed E-state index contributed by atoms with van der Waals surface area (Å²) in [7, 11) is 0. The first-order chi connectivity index (χ1) is 14.8. The van der Waals surface area contributed by atoms with Crippen LogP contribution in [0.5, 0.6) is 0 Å². The number of nitrogens with one attached hydrogen (secondary N) is 1. The van der Waals surface area contributed by atoms with E-state index in [2.05, 4.69) is 15.4 Å². The lowest BCUT2D eigenvalue weighted by molar-refractivity contribution is -0.384. The number of anilines is 1. The van der Waals surface area contributed by atoms with Gasteiger partial charge in [-0.05, 0) is 25.1 Å². The third kappa shape index (κ3) is 4.30. The van der Waals surface area contributed by atoms with Crippen molar-refractivity contribution in [3.05, 3.63) is 79.0 Å². The second kappa shape index (κ2) is 8.25. The Bertz CT molecular complexity index is 1380. The van der Waals surface area contributed by atoms with E-state index in [4.69, 9.17) is 11.6 Å². The molecule has 0 spiro atoms. The quantitative estimate of drug-likeness (QED) is 0.358. The molecule has 2 aromatic carbocycles. The zero-order chi connectivity index (χ0) is 22.1. The third-order valence-electron chi connectivity index (χ3n) is 4.36. The van der Waals surface area contributed by atoms with E-state index in [9.17, 15) is 19.7 Å². The van der Waals surface area contributed by atoms with Crippen LogP contribution in [0.15, 0.2) is 53.3 Å². The van der Waals surface area contributed by atoms with E-state index in [0.29, 0.717) is 20.4 Å². The van der Waals surface area contributed by atoms with Crippen LogP contribution in [-0.4, -0.2) is 25.6 Å². The van der Waals surface area contributed by atoms with Crippen LogP contribution < -0.4 is 10.9 Å². The zero-order valence-corrected chi connectivity index (χ0v) is 17.6. The number of hydrogen-bond donors (Lipinski definition) is 1. The van der Waals surface area contributed by atoms with Crippen molar-refractivity contribution in [3.63, 3.8) is 0 Å². The normalized spacial score (nSPS) is 10.9. The van der Waals surface area contributed by atoms with Crippen molar-refractivity contribution in [2.45, 2.75) is 13.5 Å². The lowest BCUT2D eigenvalue weighted by Crippen LogP contribution is -2.30. The molecule has 31 heavy (non-hydrogen) atoms. The predicted octanol–water partition coefficient (Wildman–Crippen LogP) is 4.03. The van der Waals surface area contributed by atoms with Crippen molar-refractivity contribution < 1.29 is 9.72 Å². The van der Waals surface area contributed by atoms with Crippen molar-refractivity contribution >= 4 is 50.4 Å². The first kappa shape index (κ1) is 20.6. The Morgan fingerprint density at radius 3 is 2.71 bits per heavy atom. The topological polar surface area (TPSA) is 120 Å². The van der Waals surface area contributed by atoms with Gasteiger partial charge in [0.2, 0.25) is 5.91 Å². The van der Waals surface area contributed by atoms with Gasteiger partial charge in [0.1, 0.15) is 12.2 Å². The van der Waals surface area contributed by atoms with Gasteiger partial charge in [0.05, 0.1) is 14.6 Å². The highest BCUT2D eigenvalue weighted by molar-refractivity contribution is 7.19. The van der Waals surface area contributed by atoms with Gasteiger partial charge in [0.25, 0.3) is 11.2 Å². The third-order valence-corrected chi connectivity index (χ3v) is 5.59. The summed E-state index contributed by atoms with van der Waals surface area (Å²) in [5.41, 5.74) is 1.07. The Kier molecular flexibility index (Phi) is 5.49. The summed E-state index contributed by atoms with van der Waals surface area (Å²) in [6.07, 6.45) is 0. The highest BCUT2D eigenvalue weighted by Crippen LogP contribution is 2.30. The number of nitrogens with zero attached hydrogens (tertiary/aromatic N) is 4. The van der Waals surface area contributed by atoms with Crippen LogP contribution in [-0.2, 0) is 11.3 Å². The molecule has 1 amide bonds. The van der Waals surface area contributed by atoms with Crippen molar-refractivity contribution in [1.29, 1.82) is 0 Å². The lowest BCUT2D eigenvalue weighted by atomic mass is 10.1. The number of rotatable bonds is 5. The maximum absolute atomic E-state index is 12.9. The summed E-state index contributed by atoms with van der Waals surface area (Å²) < 4.78 is 1.66. The van der Waals surface area contributed by atoms with Crippen LogP contribution in [0.4, 0.5) is 11.4 Å². The maximum atomic E-state index is 12.9. The molecule has 0 aliphatic carbocycles. The second-order valence-corrected chi connectivity index (χ2v) is 8.22. The van der Waals surface area contributed by atoms with Gasteiger partial charge < -0.3 is 5.32 Å². The molecule has 11 heteroatoms. The molecule has 0 fully saturated rings. The molecule has 0 saturated heterocycles. The molecular weight excluding hydrogens is 442 g/mol. The molecule has 9 nitrogen and oxygen atoms in total.